The molecule has 6 nitrogen and oxygen atoms in total. The molecule has 2 aromatic rings. The zero-order valence-corrected chi connectivity index (χ0v) is 11.6. The number of hydrogen-bond donors (Lipinski definition) is 1. The average molecular weight is 331 g/mol. The molecule has 1 aromatic carbocycles. The Bertz CT molecular complexity index is 853. The summed E-state index contributed by atoms with van der Waals surface area (Å²) in [4.78, 5) is 24.4. The van der Waals surface area contributed by atoms with Gasteiger partial charge in [-0.15, -0.1) is 0 Å². The number of H-pyrrole nitrogens is 1. The number of likely N-dealkylation sites (N-methyl/N-ethyl adjacent to an activating group) is 1. The van der Waals surface area contributed by atoms with Crippen LogP contribution in [0.2, 0.25) is 0 Å². The van der Waals surface area contributed by atoms with Crippen molar-refractivity contribution in [2.24, 2.45) is 0 Å². The van der Waals surface area contributed by atoms with Crippen LogP contribution < -0.4 is 15.2 Å². The third-order valence-electron chi connectivity index (χ3n) is 3.38. The third kappa shape index (κ3) is 2.45. The fourth-order valence-electron chi connectivity index (χ4n) is 2.17. The number of nitrogens with one attached hydrogen (secondary N) is 1. The van der Waals surface area contributed by atoms with E-state index in [1.165, 1.54) is 11.9 Å². The maximum absolute atomic E-state index is 14.1. The number of hydrogen-bond acceptors (Lipinski definition) is 3. The number of alkyl halides is 3. The van der Waals surface area contributed by atoms with Crippen molar-refractivity contribution in [2.75, 3.05) is 18.6 Å². The number of amides is 1. The molecule has 1 aliphatic rings. The van der Waals surface area contributed by atoms with Crippen LogP contribution >= 0.6 is 0 Å². The van der Waals surface area contributed by atoms with E-state index in [0.29, 0.717) is 10.7 Å². The van der Waals surface area contributed by atoms with Crippen molar-refractivity contribution in [3.8, 4) is 11.4 Å². The van der Waals surface area contributed by atoms with E-state index in [-0.39, 0.29) is 18.0 Å². The summed E-state index contributed by atoms with van der Waals surface area (Å²) in [6, 6.07) is 2.30. The van der Waals surface area contributed by atoms with Gasteiger partial charge < -0.3 is 9.64 Å². The summed E-state index contributed by atoms with van der Waals surface area (Å²) in [6.45, 7) is -0.275. The quantitative estimate of drug-likeness (QED) is 0.809. The number of carbonyl (C=O) groups excluding carboxylic acids is 1. The van der Waals surface area contributed by atoms with E-state index in [9.17, 15) is 27.2 Å². The molecule has 0 saturated carbocycles. The van der Waals surface area contributed by atoms with Gasteiger partial charge in [0.05, 0.1) is 5.69 Å². The highest BCUT2D eigenvalue weighted by Gasteiger charge is 2.34. The van der Waals surface area contributed by atoms with Gasteiger partial charge in [0.25, 0.3) is 11.5 Å². The number of nitrogens with zero attached hydrogens (tertiary/aromatic N) is 2. The Balaban J connectivity index is 2.17. The lowest BCUT2D eigenvalue weighted by Crippen LogP contribution is -2.35. The minimum Gasteiger partial charge on any atom is -0.481 e. The molecule has 1 aliphatic heterocycles. The highest BCUT2D eigenvalue weighted by molar-refractivity contribution is 5.97. The molecule has 1 aromatic heterocycles. The average Bonchev–Trinajstić information content (AvgIpc) is 2.85. The molecule has 0 atom stereocenters. The summed E-state index contributed by atoms with van der Waals surface area (Å²) >= 11 is 0. The molecule has 23 heavy (non-hydrogen) atoms. The van der Waals surface area contributed by atoms with Gasteiger partial charge in [0.1, 0.15) is 17.1 Å². The zero-order valence-electron chi connectivity index (χ0n) is 11.6. The second kappa shape index (κ2) is 4.86. The van der Waals surface area contributed by atoms with Gasteiger partial charge in [-0.3, -0.25) is 14.7 Å². The predicted octanol–water partition coefficient (Wildman–Crippen LogP) is 1.68. The monoisotopic (exact) mass is 331 g/mol. The van der Waals surface area contributed by atoms with Crippen LogP contribution in [-0.4, -0.2) is 29.3 Å². The fourth-order valence-corrected chi connectivity index (χ4v) is 2.17. The van der Waals surface area contributed by atoms with Crippen molar-refractivity contribution < 1.29 is 27.1 Å². The maximum Gasteiger partial charge on any atom is 0.432 e. The van der Waals surface area contributed by atoms with Crippen LogP contribution in [0.25, 0.3) is 5.69 Å². The van der Waals surface area contributed by atoms with Crippen LogP contribution in [0.1, 0.15) is 5.69 Å². The van der Waals surface area contributed by atoms with Gasteiger partial charge in [-0.1, -0.05) is 0 Å². The van der Waals surface area contributed by atoms with E-state index < -0.39 is 34.8 Å². The zero-order chi connectivity index (χ0) is 16.9. The summed E-state index contributed by atoms with van der Waals surface area (Å²) < 4.78 is 57.5. The lowest BCUT2D eigenvalue weighted by molar-refractivity contribution is -0.141. The van der Waals surface area contributed by atoms with Crippen LogP contribution in [0.3, 0.4) is 0 Å². The Labute approximate surface area is 125 Å². The lowest BCUT2D eigenvalue weighted by atomic mass is 10.2. The molecule has 0 spiro atoms. The molecule has 10 heteroatoms. The minimum absolute atomic E-state index is 0.0593. The first-order chi connectivity index (χ1) is 10.7. The molecule has 0 unspecified atom stereocenters. The van der Waals surface area contributed by atoms with E-state index in [2.05, 4.69) is 0 Å². The summed E-state index contributed by atoms with van der Waals surface area (Å²) in [7, 11) is 1.41. The molecular formula is C13H9F4N3O3. The Morgan fingerprint density at radius 3 is 2.48 bits per heavy atom. The summed E-state index contributed by atoms with van der Waals surface area (Å²) in [6.07, 6.45) is -4.77. The standard InChI is InChI=1S/C13H9F4N3O3/c1-19-8-3-7(6(14)2-9(8)23-5-12(19)22)20-11(21)4-10(18-20)13(15,16)17/h2-4,18H,5H2,1H3. The van der Waals surface area contributed by atoms with Gasteiger partial charge in [0.2, 0.25) is 0 Å². The van der Waals surface area contributed by atoms with Crippen molar-refractivity contribution in [1.29, 1.82) is 0 Å². The van der Waals surface area contributed by atoms with E-state index in [0.717, 1.165) is 12.1 Å². The Morgan fingerprint density at radius 1 is 1.17 bits per heavy atom. The number of rotatable bonds is 1. The van der Waals surface area contributed by atoms with E-state index in [1.54, 1.807) is 5.10 Å². The van der Waals surface area contributed by atoms with Gasteiger partial charge in [-0.05, 0) is 6.07 Å². The van der Waals surface area contributed by atoms with E-state index >= 15 is 0 Å². The van der Waals surface area contributed by atoms with Crippen LogP contribution in [0, 0.1) is 5.82 Å². The number of halogens is 4. The van der Waals surface area contributed by atoms with E-state index in [4.69, 9.17) is 4.74 Å². The first kappa shape index (κ1) is 15.1. The van der Waals surface area contributed by atoms with Gasteiger partial charge in [-0.2, -0.15) is 13.2 Å². The number of aromatic amines is 1. The highest BCUT2D eigenvalue weighted by atomic mass is 19.4. The second-order valence-electron chi connectivity index (χ2n) is 4.85. The van der Waals surface area contributed by atoms with Crippen LogP contribution in [-0.2, 0) is 11.0 Å². The first-order valence-electron chi connectivity index (χ1n) is 6.31. The van der Waals surface area contributed by atoms with Crippen molar-refractivity contribution >= 4 is 11.6 Å². The number of ether oxygens (including phenoxy) is 1. The Hall–Kier alpha value is -2.78. The molecule has 122 valence electrons. The highest BCUT2D eigenvalue weighted by Crippen LogP contribution is 2.35. The van der Waals surface area contributed by atoms with Crippen LogP contribution in [0.15, 0.2) is 23.0 Å². The molecule has 0 radical (unpaired) electrons. The normalized spacial score (nSPS) is 14.7. The molecule has 0 bridgehead atoms. The molecule has 1 N–H and O–H groups in total. The third-order valence-corrected chi connectivity index (χ3v) is 3.38. The Kier molecular flexibility index (Phi) is 3.20. The van der Waals surface area contributed by atoms with E-state index in [1.807, 2.05) is 0 Å². The maximum atomic E-state index is 14.1. The number of fused-ring (bicyclic) bond motifs is 1. The SMILES string of the molecule is CN1C(=O)COc2cc(F)c(-n3[nH]c(C(F)(F)F)cc3=O)cc21. The summed E-state index contributed by atoms with van der Waals surface area (Å²) in [5.74, 6) is -1.32. The van der Waals surface area contributed by atoms with Gasteiger partial charge in [0.15, 0.2) is 12.4 Å². The van der Waals surface area contributed by atoms with Gasteiger partial charge in [0, 0.05) is 19.2 Å². The summed E-state index contributed by atoms with van der Waals surface area (Å²) in [5, 5.41) is 1.81. The number of aromatic nitrogens is 2. The smallest absolute Gasteiger partial charge is 0.432 e. The number of carbonyl (C=O) groups is 1. The van der Waals surface area contributed by atoms with Crippen molar-refractivity contribution in [2.45, 2.75) is 6.18 Å². The minimum atomic E-state index is -4.77. The van der Waals surface area contributed by atoms with Crippen LogP contribution in [0.4, 0.5) is 23.2 Å². The number of benzene rings is 1. The molecule has 0 saturated heterocycles. The molecule has 0 aliphatic carbocycles. The first-order valence-corrected chi connectivity index (χ1v) is 6.31. The Morgan fingerprint density at radius 2 is 1.87 bits per heavy atom. The molecule has 3 rings (SSSR count). The molecule has 0 fully saturated rings. The topological polar surface area (TPSA) is 67.3 Å². The summed E-state index contributed by atoms with van der Waals surface area (Å²) in [5.41, 5.74) is -2.69. The molecule has 2 heterocycles. The van der Waals surface area contributed by atoms with Gasteiger partial charge in [-0.25, -0.2) is 9.07 Å². The van der Waals surface area contributed by atoms with Crippen molar-refractivity contribution in [3.63, 3.8) is 0 Å². The van der Waals surface area contributed by atoms with Crippen molar-refractivity contribution in [3.05, 3.63) is 40.1 Å². The fraction of sp³-hybridized carbons (Fsp3) is 0.231. The molecule has 1 amide bonds. The predicted molar refractivity (Wildman–Crippen MR) is 70.3 cm³/mol. The van der Waals surface area contributed by atoms with Crippen LogP contribution in [0.5, 0.6) is 5.75 Å². The lowest BCUT2D eigenvalue weighted by Gasteiger charge is -2.26. The second-order valence-corrected chi connectivity index (χ2v) is 4.85. The largest absolute Gasteiger partial charge is 0.481 e. The molecular weight excluding hydrogens is 322 g/mol. The van der Waals surface area contributed by atoms with Gasteiger partial charge >= 0.3 is 6.18 Å². The number of anilines is 1. The van der Waals surface area contributed by atoms with Crippen molar-refractivity contribution in [1.82, 2.24) is 9.78 Å².